The molecule has 0 bridgehead atoms. The molecule has 0 aliphatic carbocycles. The highest BCUT2D eigenvalue weighted by molar-refractivity contribution is 7.16. The Morgan fingerprint density at radius 1 is 1.08 bits per heavy atom. The molecule has 0 atom stereocenters. The summed E-state index contributed by atoms with van der Waals surface area (Å²) in [5.74, 6) is 0.112. The molecule has 128 valence electrons. The van der Waals surface area contributed by atoms with Crippen molar-refractivity contribution in [3.8, 4) is 0 Å². The summed E-state index contributed by atoms with van der Waals surface area (Å²) in [5.41, 5.74) is 4.77. The lowest BCUT2D eigenvalue weighted by atomic mass is 10.1. The van der Waals surface area contributed by atoms with E-state index in [0.717, 1.165) is 53.5 Å². The van der Waals surface area contributed by atoms with Crippen LogP contribution in [0.5, 0.6) is 0 Å². The summed E-state index contributed by atoms with van der Waals surface area (Å²) in [6.07, 6.45) is 0. The number of carbonyl (C=O) groups is 1. The lowest BCUT2D eigenvalue weighted by Crippen LogP contribution is -2.48. The number of hydrogen-bond donors (Lipinski definition) is 0. The molecule has 0 N–H and O–H groups in total. The van der Waals surface area contributed by atoms with Crippen LogP contribution in [0, 0.1) is 0 Å². The molecular weight excluding hydrogens is 354 g/mol. The number of aromatic nitrogens is 1. The van der Waals surface area contributed by atoms with Crippen molar-refractivity contribution in [1.29, 1.82) is 0 Å². The van der Waals surface area contributed by atoms with Gasteiger partial charge >= 0.3 is 0 Å². The van der Waals surface area contributed by atoms with E-state index in [4.69, 9.17) is 11.6 Å². The number of rotatable bonds is 3. The van der Waals surface area contributed by atoms with E-state index in [9.17, 15) is 4.79 Å². The molecule has 4 nitrogen and oxygen atoms in total. The summed E-state index contributed by atoms with van der Waals surface area (Å²) in [5, 5.41) is 0.761. The van der Waals surface area contributed by atoms with Gasteiger partial charge in [-0.1, -0.05) is 23.7 Å². The number of piperazine rings is 1. The van der Waals surface area contributed by atoms with Crippen LogP contribution in [0.1, 0.15) is 15.9 Å². The van der Waals surface area contributed by atoms with Crippen molar-refractivity contribution in [2.75, 3.05) is 26.2 Å². The van der Waals surface area contributed by atoms with E-state index in [1.165, 1.54) is 5.56 Å². The summed E-state index contributed by atoms with van der Waals surface area (Å²) < 4.78 is 1.06. The van der Waals surface area contributed by atoms with Crippen LogP contribution in [0.15, 0.2) is 48.0 Å². The monoisotopic (exact) mass is 371 g/mol. The van der Waals surface area contributed by atoms with Gasteiger partial charge in [-0.25, -0.2) is 4.98 Å². The molecule has 1 aromatic heterocycles. The van der Waals surface area contributed by atoms with Crippen LogP contribution >= 0.6 is 22.9 Å². The van der Waals surface area contributed by atoms with Crippen LogP contribution in [0.4, 0.5) is 0 Å². The van der Waals surface area contributed by atoms with Crippen LogP contribution in [-0.2, 0) is 6.54 Å². The molecule has 2 aromatic carbocycles. The Kier molecular flexibility index (Phi) is 4.70. The SMILES string of the molecule is O=C(c1ccc2ncsc2c1)N1CCN(Cc2ccc(Cl)cc2)CC1. The van der Waals surface area contributed by atoms with Crippen molar-refractivity contribution in [2.45, 2.75) is 6.54 Å². The Bertz CT molecular complexity index is 885. The first-order valence-electron chi connectivity index (χ1n) is 8.28. The Balaban J connectivity index is 1.37. The number of amides is 1. The third-order valence-corrected chi connectivity index (χ3v) is 5.60. The molecule has 0 saturated carbocycles. The average molecular weight is 372 g/mol. The van der Waals surface area contributed by atoms with Crippen LogP contribution < -0.4 is 0 Å². The van der Waals surface area contributed by atoms with Gasteiger partial charge in [-0.3, -0.25) is 9.69 Å². The lowest BCUT2D eigenvalue weighted by molar-refractivity contribution is 0.0628. The number of hydrogen-bond acceptors (Lipinski definition) is 4. The standard InChI is InChI=1S/C19H18ClN3OS/c20-16-4-1-14(2-5-16)12-22-7-9-23(10-8-22)19(24)15-3-6-17-18(11-15)25-13-21-17/h1-6,11,13H,7-10,12H2. The molecule has 0 radical (unpaired) electrons. The highest BCUT2D eigenvalue weighted by atomic mass is 35.5. The fraction of sp³-hybridized carbons (Fsp3) is 0.263. The van der Waals surface area contributed by atoms with Gasteiger partial charge in [-0.2, -0.15) is 0 Å². The first kappa shape index (κ1) is 16.5. The Labute approximate surface area is 155 Å². The minimum Gasteiger partial charge on any atom is -0.336 e. The van der Waals surface area contributed by atoms with Gasteiger partial charge in [-0.15, -0.1) is 11.3 Å². The highest BCUT2D eigenvalue weighted by Crippen LogP contribution is 2.21. The lowest BCUT2D eigenvalue weighted by Gasteiger charge is -2.34. The molecule has 3 aromatic rings. The van der Waals surface area contributed by atoms with E-state index in [1.807, 2.05) is 40.7 Å². The molecule has 25 heavy (non-hydrogen) atoms. The average Bonchev–Trinajstić information content (AvgIpc) is 3.11. The van der Waals surface area contributed by atoms with Gasteiger partial charge in [0, 0.05) is 43.3 Å². The van der Waals surface area contributed by atoms with Crippen LogP contribution in [0.3, 0.4) is 0 Å². The molecule has 0 spiro atoms. The van der Waals surface area contributed by atoms with E-state index < -0.39 is 0 Å². The van der Waals surface area contributed by atoms with Gasteiger partial charge in [0.25, 0.3) is 5.91 Å². The summed E-state index contributed by atoms with van der Waals surface area (Å²) in [6.45, 7) is 4.18. The predicted octanol–water partition coefficient (Wildman–Crippen LogP) is 3.91. The van der Waals surface area contributed by atoms with Gasteiger partial charge in [0.2, 0.25) is 0 Å². The van der Waals surface area contributed by atoms with Crippen LogP contribution in [0.25, 0.3) is 10.2 Å². The van der Waals surface area contributed by atoms with Gasteiger partial charge in [0.1, 0.15) is 0 Å². The predicted molar refractivity (Wildman–Crippen MR) is 102 cm³/mol. The zero-order chi connectivity index (χ0) is 17.2. The topological polar surface area (TPSA) is 36.4 Å². The Hall–Kier alpha value is -1.95. The van der Waals surface area contributed by atoms with Crippen molar-refractivity contribution in [3.63, 3.8) is 0 Å². The van der Waals surface area contributed by atoms with Crippen molar-refractivity contribution in [1.82, 2.24) is 14.8 Å². The van der Waals surface area contributed by atoms with Crippen molar-refractivity contribution < 1.29 is 4.79 Å². The second kappa shape index (κ2) is 7.12. The number of thiazole rings is 1. The first-order valence-corrected chi connectivity index (χ1v) is 9.54. The number of carbonyl (C=O) groups excluding carboxylic acids is 1. The number of halogens is 1. The fourth-order valence-electron chi connectivity index (χ4n) is 3.13. The summed E-state index contributed by atoms with van der Waals surface area (Å²) >= 11 is 7.50. The maximum atomic E-state index is 12.7. The van der Waals surface area contributed by atoms with E-state index >= 15 is 0 Å². The van der Waals surface area contributed by atoms with E-state index in [1.54, 1.807) is 11.3 Å². The molecule has 6 heteroatoms. The van der Waals surface area contributed by atoms with Crippen molar-refractivity contribution >= 4 is 39.1 Å². The van der Waals surface area contributed by atoms with E-state index in [2.05, 4.69) is 22.0 Å². The van der Waals surface area contributed by atoms with Gasteiger partial charge in [-0.05, 0) is 35.9 Å². The second-order valence-electron chi connectivity index (χ2n) is 6.23. The van der Waals surface area contributed by atoms with Crippen LogP contribution in [-0.4, -0.2) is 46.9 Å². The first-order chi connectivity index (χ1) is 12.2. The van der Waals surface area contributed by atoms with E-state index in [-0.39, 0.29) is 5.91 Å². The Morgan fingerprint density at radius 2 is 1.84 bits per heavy atom. The molecule has 4 rings (SSSR count). The van der Waals surface area contributed by atoms with Crippen molar-refractivity contribution in [2.24, 2.45) is 0 Å². The Morgan fingerprint density at radius 3 is 2.60 bits per heavy atom. The molecule has 1 fully saturated rings. The maximum Gasteiger partial charge on any atom is 0.253 e. The summed E-state index contributed by atoms with van der Waals surface area (Å²) in [7, 11) is 0. The zero-order valence-electron chi connectivity index (χ0n) is 13.7. The van der Waals surface area contributed by atoms with Gasteiger partial charge in [0.15, 0.2) is 0 Å². The van der Waals surface area contributed by atoms with Crippen molar-refractivity contribution in [3.05, 3.63) is 64.1 Å². The largest absolute Gasteiger partial charge is 0.336 e. The van der Waals surface area contributed by atoms with Gasteiger partial charge < -0.3 is 4.90 Å². The second-order valence-corrected chi connectivity index (χ2v) is 7.55. The minimum absolute atomic E-state index is 0.112. The number of nitrogens with zero attached hydrogens (tertiary/aromatic N) is 3. The third kappa shape index (κ3) is 3.68. The molecule has 2 heterocycles. The van der Waals surface area contributed by atoms with E-state index in [0.29, 0.717) is 0 Å². The normalized spacial score (nSPS) is 15.6. The van der Waals surface area contributed by atoms with Crippen LogP contribution in [0.2, 0.25) is 5.02 Å². The molecule has 1 saturated heterocycles. The highest BCUT2D eigenvalue weighted by Gasteiger charge is 2.22. The quantitative estimate of drug-likeness (QED) is 0.700. The molecular formula is C19H18ClN3OS. The van der Waals surface area contributed by atoms with Gasteiger partial charge in [0.05, 0.1) is 15.7 Å². The molecule has 1 aliphatic rings. The third-order valence-electron chi connectivity index (χ3n) is 4.56. The minimum atomic E-state index is 0.112. The number of benzene rings is 2. The summed E-state index contributed by atoms with van der Waals surface area (Å²) in [4.78, 5) is 21.3. The molecule has 1 amide bonds. The zero-order valence-corrected chi connectivity index (χ0v) is 15.3. The molecule has 0 unspecified atom stereocenters. The maximum absolute atomic E-state index is 12.7. The fourth-order valence-corrected chi connectivity index (χ4v) is 3.97. The molecule has 1 aliphatic heterocycles. The smallest absolute Gasteiger partial charge is 0.253 e. The number of fused-ring (bicyclic) bond motifs is 1. The summed E-state index contributed by atoms with van der Waals surface area (Å²) in [6, 6.07) is 13.7.